The van der Waals surface area contributed by atoms with Gasteiger partial charge in [-0.05, 0) is 56.0 Å². The molecule has 0 unspecified atom stereocenters. The van der Waals surface area contributed by atoms with Crippen molar-refractivity contribution in [1.82, 2.24) is 0 Å². The first-order chi connectivity index (χ1) is 11.5. The molecule has 1 aliphatic rings. The molecule has 0 bridgehead atoms. The number of amides is 2. The monoisotopic (exact) mass is 339 g/mol. The van der Waals surface area contributed by atoms with E-state index in [1.54, 1.807) is 12.1 Å². The van der Waals surface area contributed by atoms with Gasteiger partial charge in [0.05, 0.1) is 5.56 Å². The Morgan fingerprint density at radius 2 is 2.12 bits per heavy atom. The highest BCUT2D eigenvalue weighted by Crippen LogP contribution is 2.32. The molecule has 6 heteroatoms. The van der Waals surface area contributed by atoms with E-state index in [1.807, 2.05) is 19.9 Å². The van der Waals surface area contributed by atoms with Crippen molar-refractivity contribution in [1.29, 1.82) is 5.26 Å². The molecule has 122 valence electrons. The normalized spacial score (nSPS) is 13.5. The molecule has 2 aromatic rings. The Hall–Kier alpha value is -2.65. The lowest BCUT2D eigenvalue weighted by molar-refractivity contribution is -0.116. The van der Waals surface area contributed by atoms with Crippen molar-refractivity contribution in [2.75, 3.05) is 10.6 Å². The van der Waals surface area contributed by atoms with Gasteiger partial charge in [-0.25, -0.2) is 0 Å². The average Bonchev–Trinajstić information content (AvgIpc) is 2.71. The minimum Gasteiger partial charge on any atom is -0.326 e. The molecule has 5 nitrogen and oxygen atoms in total. The van der Waals surface area contributed by atoms with E-state index < -0.39 is 0 Å². The Balaban J connectivity index is 1.86. The zero-order valence-electron chi connectivity index (χ0n) is 13.5. The number of carbonyl (C=O) groups excluding carboxylic acids is 2. The number of hydrogen-bond acceptors (Lipinski definition) is 4. The van der Waals surface area contributed by atoms with Gasteiger partial charge >= 0.3 is 0 Å². The second kappa shape index (κ2) is 6.46. The van der Waals surface area contributed by atoms with E-state index in [0.29, 0.717) is 22.5 Å². The van der Waals surface area contributed by atoms with Crippen LogP contribution in [-0.2, 0) is 11.2 Å². The summed E-state index contributed by atoms with van der Waals surface area (Å²) in [7, 11) is 0. The summed E-state index contributed by atoms with van der Waals surface area (Å²) in [6, 6.07) is 7.43. The van der Waals surface area contributed by atoms with Gasteiger partial charge in [-0.15, -0.1) is 11.3 Å². The van der Waals surface area contributed by atoms with E-state index in [9.17, 15) is 14.9 Å². The molecule has 0 radical (unpaired) electrons. The van der Waals surface area contributed by atoms with E-state index in [4.69, 9.17) is 0 Å². The Kier molecular flexibility index (Phi) is 4.36. The van der Waals surface area contributed by atoms with E-state index in [0.717, 1.165) is 34.5 Å². The number of nitrogens with zero attached hydrogens (tertiary/aromatic N) is 1. The average molecular weight is 339 g/mol. The molecule has 0 fully saturated rings. The maximum atomic E-state index is 12.5. The number of thiophene rings is 1. The van der Waals surface area contributed by atoms with Gasteiger partial charge in [-0.3, -0.25) is 9.59 Å². The number of aryl methyl sites for hydroxylation is 2. The largest absolute Gasteiger partial charge is 0.326 e. The highest BCUT2D eigenvalue weighted by atomic mass is 32.1. The van der Waals surface area contributed by atoms with Gasteiger partial charge < -0.3 is 10.6 Å². The SMILES string of the molecule is Cc1sc(NC(=O)c2ccc3c(c2)CCCC(=O)N3)c(C#N)c1C. The molecule has 0 saturated heterocycles. The fourth-order valence-electron chi connectivity index (χ4n) is 2.74. The number of anilines is 2. The Labute approximate surface area is 144 Å². The molecule has 2 amide bonds. The van der Waals surface area contributed by atoms with Crippen LogP contribution in [0.3, 0.4) is 0 Å². The number of nitriles is 1. The predicted molar refractivity (Wildman–Crippen MR) is 94.5 cm³/mol. The molecule has 0 atom stereocenters. The van der Waals surface area contributed by atoms with E-state index in [-0.39, 0.29) is 11.8 Å². The Bertz CT molecular complexity index is 877. The lowest BCUT2D eigenvalue weighted by Crippen LogP contribution is -2.13. The van der Waals surface area contributed by atoms with Crippen LogP contribution in [0.1, 0.15) is 44.8 Å². The molecule has 0 aliphatic carbocycles. The first-order valence-corrected chi connectivity index (χ1v) is 8.55. The van der Waals surface area contributed by atoms with Crippen molar-refractivity contribution >= 4 is 33.8 Å². The molecule has 3 rings (SSSR count). The van der Waals surface area contributed by atoms with Gasteiger partial charge in [-0.1, -0.05) is 0 Å². The van der Waals surface area contributed by atoms with Crippen molar-refractivity contribution < 1.29 is 9.59 Å². The molecular formula is C18H17N3O2S. The van der Waals surface area contributed by atoms with E-state index >= 15 is 0 Å². The number of nitrogens with one attached hydrogen (secondary N) is 2. The molecule has 0 saturated carbocycles. The molecule has 24 heavy (non-hydrogen) atoms. The van der Waals surface area contributed by atoms with Crippen LogP contribution in [-0.4, -0.2) is 11.8 Å². The number of carbonyl (C=O) groups is 2. The summed E-state index contributed by atoms with van der Waals surface area (Å²) < 4.78 is 0. The Morgan fingerprint density at radius 3 is 2.88 bits per heavy atom. The van der Waals surface area contributed by atoms with Gasteiger partial charge in [-0.2, -0.15) is 5.26 Å². The van der Waals surface area contributed by atoms with Gasteiger partial charge in [0.15, 0.2) is 0 Å². The minimum atomic E-state index is -0.244. The van der Waals surface area contributed by atoms with Crippen LogP contribution in [0, 0.1) is 25.2 Å². The quantitative estimate of drug-likeness (QED) is 0.874. The third-order valence-corrected chi connectivity index (χ3v) is 5.34. The maximum absolute atomic E-state index is 12.5. The summed E-state index contributed by atoms with van der Waals surface area (Å²) in [6.45, 7) is 3.81. The van der Waals surface area contributed by atoms with Crippen LogP contribution < -0.4 is 10.6 Å². The van der Waals surface area contributed by atoms with Crippen LogP contribution in [0.5, 0.6) is 0 Å². The number of hydrogen-bond donors (Lipinski definition) is 2. The zero-order chi connectivity index (χ0) is 17.3. The fraction of sp³-hybridized carbons (Fsp3) is 0.278. The lowest BCUT2D eigenvalue weighted by Gasteiger charge is -2.09. The van der Waals surface area contributed by atoms with Crippen molar-refractivity contribution in [2.45, 2.75) is 33.1 Å². The summed E-state index contributed by atoms with van der Waals surface area (Å²) in [5.74, 6) is -0.236. The smallest absolute Gasteiger partial charge is 0.256 e. The highest BCUT2D eigenvalue weighted by molar-refractivity contribution is 7.16. The predicted octanol–water partition coefficient (Wildman–Crippen LogP) is 3.76. The molecule has 0 spiro atoms. The molecule has 1 aliphatic heterocycles. The zero-order valence-corrected chi connectivity index (χ0v) is 14.3. The summed E-state index contributed by atoms with van der Waals surface area (Å²) in [5, 5.41) is 15.6. The third kappa shape index (κ3) is 3.03. The first-order valence-electron chi connectivity index (χ1n) is 7.74. The summed E-state index contributed by atoms with van der Waals surface area (Å²) in [4.78, 5) is 25.1. The van der Waals surface area contributed by atoms with Gasteiger partial charge in [0.1, 0.15) is 11.1 Å². The van der Waals surface area contributed by atoms with Crippen molar-refractivity contribution in [3.63, 3.8) is 0 Å². The lowest BCUT2D eigenvalue weighted by atomic mass is 10.0. The van der Waals surface area contributed by atoms with Gasteiger partial charge in [0.2, 0.25) is 5.91 Å². The van der Waals surface area contributed by atoms with Crippen molar-refractivity contribution in [2.24, 2.45) is 0 Å². The third-order valence-electron chi connectivity index (χ3n) is 4.22. The van der Waals surface area contributed by atoms with Crippen molar-refractivity contribution in [3.05, 3.63) is 45.3 Å². The van der Waals surface area contributed by atoms with Crippen LogP contribution in [0.2, 0.25) is 0 Å². The Morgan fingerprint density at radius 1 is 1.33 bits per heavy atom. The maximum Gasteiger partial charge on any atom is 0.256 e. The van der Waals surface area contributed by atoms with E-state index in [1.165, 1.54) is 11.3 Å². The summed E-state index contributed by atoms with van der Waals surface area (Å²) in [6.07, 6.45) is 2.02. The number of rotatable bonds is 2. The highest BCUT2D eigenvalue weighted by Gasteiger charge is 2.18. The topological polar surface area (TPSA) is 82.0 Å². The van der Waals surface area contributed by atoms with Crippen LogP contribution >= 0.6 is 11.3 Å². The van der Waals surface area contributed by atoms with Crippen LogP contribution in [0.15, 0.2) is 18.2 Å². The van der Waals surface area contributed by atoms with Gasteiger partial charge in [0, 0.05) is 22.5 Å². The number of benzene rings is 1. The molecule has 1 aromatic carbocycles. The standard InChI is InChI=1S/C18H17N3O2S/c1-10-11(2)24-18(14(10)9-19)21-17(23)13-6-7-15-12(8-13)4-3-5-16(22)20-15/h6-8H,3-5H2,1-2H3,(H,20,22)(H,21,23). The summed E-state index contributed by atoms with van der Waals surface area (Å²) >= 11 is 1.41. The van der Waals surface area contributed by atoms with E-state index in [2.05, 4.69) is 16.7 Å². The fourth-order valence-corrected chi connectivity index (χ4v) is 3.75. The van der Waals surface area contributed by atoms with Gasteiger partial charge in [0.25, 0.3) is 5.91 Å². The number of fused-ring (bicyclic) bond motifs is 1. The van der Waals surface area contributed by atoms with Crippen LogP contribution in [0.4, 0.5) is 10.7 Å². The molecule has 2 heterocycles. The molecular weight excluding hydrogens is 322 g/mol. The molecule has 1 aromatic heterocycles. The van der Waals surface area contributed by atoms with Crippen LogP contribution in [0.25, 0.3) is 0 Å². The summed E-state index contributed by atoms with van der Waals surface area (Å²) in [5.41, 5.74) is 3.69. The van der Waals surface area contributed by atoms with Crippen molar-refractivity contribution in [3.8, 4) is 6.07 Å². The minimum absolute atomic E-state index is 0.00847. The second-order valence-corrected chi connectivity index (χ2v) is 7.05. The second-order valence-electron chi connectivity index (χ2n) is 5.83. The first kappa shape index (κ1) is 16.2. The molecule has 2 N–H and O–H groups in total.